The maximum Gasteiger partial charge on any atom is 0.187 e. The van der Waals surface area contributed by atoms with Crippen LogP contribution in [-0.4, -0.2) is 28.3 Å². The van der Waals surface area contributed by atoms with Crippen LogP contribution in [0.1, 0.15) is 132 Å². The van der Waals surface area contributed by atoms with Gasteiger partial charge in [0.25, 0.3) is 0 Å². The van der Waals surface area contributed by atoms with Crippen LogP contribution >= 0.6 is 0 Å². The van der Waals surface area contributed by atoms with Gasteiger partial charge in [0.2, 0.25) is 0 Å². The molecule has 240 valence electrons. The molecule has 4 aliphatic rings. The van der Waals surface area contributed by atoms with E-state index in [1.165, 1.54) is 89.1 Å². The molecule has 0 bridgehead atoms. The fourth-order valence-electron chi connectivity index (χ4n) is 11.4. The van der Waals surface area contributed by atoms with Crippen LogP contribution in [-0.2, 0) is 8.85 Å². The van der Waals surface area contributed by atoms with Crippen molar-refractivity contribution in [1.82, 2.24) is 0 Å². The van der Waals surface area contributed by atoms with Crippen molar-refractivity contribution in [2.75, 3.05) is 0 Å². The molecule has 7 unspecified atom stereocenters. The zero-order chi connectivity index (χ0) is 30.4. The summed E-state index contributed by atoms with van der Waals surface area (Å²) in [5, 5.41) is 0. The van der Waals surface area contributed by atoms with Crippen LogP contribution in [0.3, 0.4) is 0 Å². The maximum atomic E-state index is 6.87. The van der Waals surface area contributed by atoms with E-state index < -0.39 is 16.6 Å². The van der Waals surface area contributed by atoms with Gasteiger partial charge >= 0.3 is 0 Å². The number of hydrogen-bond donors (Lipinski definition) is 0. The zero-order valence-electron chi connectivity index (χ0n) is 29.8. The average Bonchev–Trinajstić information content (AvgIpc) is 3.25. The van der Waals surface area contributed by atoms with E-state index in [-0.39, 0.29) is 5.60 Å². The lowest BCUT2D eigenvalue weighted by Gasteiger charge is -2.61. The SMILES string of the molecule is CC[C@H](CCC(C)C1CCC2C3CC[C@H]4C[C@@H](O[Si](C)(C)CC)CCC4(C)C3CCC12C)C(C)(C)O[Si](C)(C)CC. The van der Waals surface area contributed by atoms with E-state index in [1.807, 2.05) is 0 Å². The third-order valence-corrected chi connectivity index (χ3v) is 20.0. The lowest BCUT2D eigenvalue weighted by atomic mass is 9.44. The molecule has 0 N–H and O–H groups in total. The van der Waals surface area contributed by atoms with Crippen molar-refractivity contribution < 1.29 is 8.85 Å². The largest absolute Gasteiger partial charge is 0.414 e. The Bertz CT molecular complexity index is 869. The van der Waals surface area contributed by atoms with Crippen molar-refractivity contribution >= 4 is 16.6 Å². The lowest BCUT2D eigenvalue weighted by molar-refractivity contribution is -0.127. The van der Waals surface area contributed by atoms with Gasteiger partial charge in [-0.2, -0.15) is 0 Å². The average molecular weight is 605 g/mol. The fraction of sp³-hybridized carbons (Fsp3) is 1.00. The molecule has 0 aromatic rings. The lowest BCUT2D eigenvalue weighted by Crippen LogP contribution is -2.54. The topological polar surface area (TPSA) is 18.5 Å². The van der Waals surface area contributed by atoms with Gasteiger partial charge < -0.3 is 8.85 Å². The Morgan fingerprint density at radius 1 is 0.780 bits per heavy atom. The minimum atomic E-state index is -1.57. The molecule has 0 aromatic carbocycles. The summed E-state index contributed by atoms with van der Waals surface area (Å²) in [6.07, 6.45) is 17.6. The highest BCUT2D eigenvalue weighted by molar-refractivity contribution is 6.71. The summed E-state index contributed by atoms with van der Waals surface area (Å²) in [6.45, 7) is 29.7. The van der Waals surface area contributed by atoms with Crippen LogP contribution in [0.25, 0.3) is 0 Å². The summed E-state index contributed by atoms with van der Waals surface area (Å²) >= 11 is 0. The summed E-state index contributed by atoms with van der Waals surface area (Å²) in [6, 6.07) is 2.46. The highest BCUT2D eigenvalue weighted by atomic mass is 28.4. The van der Waals surface area contributed by atoms with E-state index in [9.17, 15) is 0 Å². The van der Waals surface area contributed by atoms with Crippen molar-refractivity contribution in [2.45, 2.75) is 182 Å². The first-order chi connectivity index (χ1) is 19.0. The molecule has 0 radical (unpaired) electrons. The number of hydrogen-bond acceptors (Lipinski definition) is 2. The van der Waals surface area contributed by atoms with E-state index in [2.05, 4.69) is 81.6 Å². The fourth-order valence-corrected chi connectivity index (χ4v) is 14.4. The van der Waals surface area contributed by atoms with Crippen molar-refractivity contribution in [3.8, 4) is 0 Å². The molecule has 0 spiro atoms. The highest BCUT2D eigenvalue weighted by Crippen LogP contribution is 2.68. The van der Waals surface area contributed by atoms with E-state index >= 15 is 0 Å². The van der Waals surface area contributed by atoms with Crippen molar-refractivity contribution in [3.63, 3.8) is 0 Å². The van der Waals surface area contributed by atoms with Gasteiger partial charge in [0.15, 0.2) is 16.6 Å². The first-order valence-electron chi connectivity index (χ1n) is 18.4. The Balaban J connectivity index is 1.39. The molecule has 4 heteroatoms. The Hall–Kier alpha value is 0.354. The third-order valence-electron chi connectivity index (χ3n) is 14.6. The molecule has 0 aromatic heterocycles. The molecule has 41 heavy (non-hydrogen) atoms. The van der Waals surface area contributed by atoms with E-state index in [0.717, 1.165) is 35.5 Å². The van der Waals surface area contributed by atoms with E-state index in [4.69, 9.17) is 8.85 Å². The Morgan fingerprint density at radius 3 is 2.05 bits per heavy atom. The minimum Gasteiger partial charge on any atom is -0.414 e. The van der Waals surface area contributed by atoms with Crippen LogP contribution in [0, 0.1) is 52.3 Å². The number of fused-ring (bicyclic) bond motifs is 5. The highest BCUT2D eigenvalue weighted by Gasteiger charge is 2.60. The predicted molar refractivity (Wildman–Crippen MR) is 183 cm³/mol. The Morgan fingerprint density at radius 2 is 1.41 bits per heavy atom. The van der Waals surface area contributed by atoms with Gasteiger partial charge in [-0.15, -0.1) is 0 Å². The summed E-state index contributed by atoms with van der Waals surface area (Å²) in [5.74, 6) is 6.28. The molecule has 0 heterocycles. The van der Waals surface area contributed by atoms with Gasteiger partial charge in [0, 0.05) is 6.10 Å². The smallest absolute Gasteiger partial charge is 0.187 e. The molecule has 0 saturated heterocycles. The van der Waals surface area contributed by atoms with Crippen molar-refractivity contribution in [1.29, 1.82) is 0 Å². The van der Waals surface area contributed by atoms with Gasteiger partial charge in [-0.25, -0.2) is 0 Å². The van der Waals surface area contributed by atoms with E-state index in [0.29, 0.717) is 22.9 Å². The van der Waals surface area contributed by atoms with E-state index in [1.54, 1.807) is 0 Å². The molecule has 4 aliphatic carbocycles. The maximum absolute atomic E-state index is 6.87. The predicted octanol–water partition coefficient (Wildman–Crippen LogP) is 11.7. The molecule has 4 saturated carbocycles. The summed E-state index contributed by atoms with van der Waals surface area (Å²) in [5.41, 5.74) is 1.15. The molecule has 4 fully saturated rings. The van der Waals surface area contributed by atoms with Crippen LogP contribution in [0.4, 0.5) is 0 Å². The normalized spacial score (nSPS) is 39.5. The number of rotatable bonds is 12. The first kappa shape index (κ1) is 34.2. The third kappa shape index (κ3) is 6.96. The van der Waals surface area contributed by atoms with Crippen molar-refractivity contribution in [3.05, 3.63) is 0 Å². The van der Waals surface area contributed by atoms with Crippen molar-refractivity contribution in [2.24, 2.45) is 52.3 Å². The first-order valence-corrected chi connectivity index (χ1v) is 24.6. The molecule has 0 aliphatic heterocycles. The molecular formula is C37H72O2Si2. The second-order valence-corrected chi connectivity index (χ2v) is 26.9. The molecular weight excluding hydrogens is 533 g/mol. The molecule has 2 nitrogen and oxygen atoms in total. The second kappa shape index (κ2) is 12.6. The van der Waals surface area contributed by atoms with Gasteiger partial charge in [0.1, 0.15) is 0 Å². The summed E-state index contributed by atoms with van der Waals surface area (Å²) < 4.78 is 13.7. The monoisotopic (exact) mass is 605 g/mol. The van der Waals surface area contributed by atoms with Gasteiger partial charge in [-0.3, -0.25) is 0 Å². The Labute approximate surface area is 259 Å². The Kier molecular flexibility index (Phi) is 10.5. The molecule has 0 amide bonds. The summed E-state index contributed by atoms with van der Waals surface area (Å²) in [4.78, 5) is 0. The van der Waals surface area contributed by atoms with Crippen LogP contribution in [0.15, 0.2) is 0 Å². The standard InChI is InChI=1S/C37H72O2Si2/c1-13-28(35(5,6)39-41(11,12)15-3)17-16-27(4)32-20-21-33-31-19-18-29-26-30(38-40(9,10)14-2)22-24-36(29,7)34(31)23-25-37(32,33)8/h27-34H,13-26H2,1-12H3/t27?,28-,29+,30+,31?,32?,33?,34?,36?,37?/m1/s1. The zero-order valence-corrected chi connectivity index (χ0v) is 31.8. The molecule has 10 atom stereocenters. The van der Waals surface area contributed by atoms with Crippen LogP contribution in [0.2, 0.25) is 38.3 Å². The van der Waals surface area contributed by atoms with Gasteiger partial charge in [0.05, 0.1) is 5.60 Å². The van der Waals surface area contributed by atoms with Gasteiger partial charge in [-0.05, 0) is 169 Å². The minimum absolute atomic E-state index is 0.00693. The summed E-state index contributed by atoms with van der Waals surface area (Å²) in [7, 11) is -3.04. The van der Waals surface area contributed by atoms with Crippen LogP contribution < -0.4 is 0 Å². The van der Waals surface area contributed by atoms with Crippen LogP contribution in [0.5, 0.6) is 0 Å². The molecule has 4 rings (SSSR count). The second-order valence-electron chi connectivity index (χ2n) is 18.0. The quantitative estimate of drug-likeness (QED) is 0.206. The van der Waals surface area contributed by atoms with Gasteiger partial charge in [-0.1, -0.05) is 54.4 Å².